The van der Waals surface area contributed by atoms with Crippen molar-refractivity contribution in [2.75, 3.05) is 32.8 Å². The molecule has 0 aliphatic rings. The lowest BCUT2D eigenvalue weighted by Crippen LogP contribution is -2.38. The number of guanidine groups is 1. The van der Waals surface area contributed by atoms with Gasteiger partial charge in [-0.25, -0.2) is 0 Å². The van der Waals surface area contributed by atoms with Crippen molar-refractivity contribution in [3.05, 3.63) is 0 Å². The van der Waals surface area contributed by atoms with Gasteiger partial charge in [-0.15, -0.1) is 0 Å². The number of hydrogen-bond donors (Lipinski definition) is 2. The van der Waals surface area contributed by atoms with Gasteiger partial charge in [0.2, 0.25) is 0 Å². The summed E-state index contributed by atoms with van der Waals surface area (Å²) in [6, 6.07) is 0. The molecule has 2 N–H and O–H groups in total. The van der Waals surface area contributed by atoms with Crippen LogP contribution in [0.2, 0.25) is 0 Å². The Morgan fingerprint density at radius 3 is 2.45 bits per heavy atom. The van der Waals surface area contributed by atoms with Crippen molar-refractivity contribution in [1.82, 2.24) is 10.6 Å². The molecular formula is C15H30F3N3O. The van der Waals surface area contributed by atoms with E-state index >= 15 is 0 Å². The molecule has 7 heteroatoms. The number of nitrogens with one attached hydrogen (secondary N) is 2. The largest absolute Gasteiger partial charge is 0.389 e. The van der Waals surface area contributed by atoms with E-state index in [2.05, 4.69) is 29.5 Å². The Balaban J connectivity index is 3.77. The summed E-state index contributed by atoms with van der Waals surface area (Å²) in [6.45, 7) is 9.43. The van der Waals surface area contributed by atoms with Crippen molar-refractivity contribution >= 4 is 5.96 Å². The van der Waals surface area contributed by atoms with Crippen LogP contribution < -0.4 is 10.6 Å². The fourth-order valence-corrected chi connectivity index (χ4v) is 1.68. The van der Waals surface area contributed by atoms with Gasteiger partial charge in [0.15, 0.2) is 5.96 Å². The fourth-order valence-electron chi connectivity index (χ4n) is 1.68. The van der Waals surface area contributed by atoms with E-state index in [0.29, 0.717) is 38.0 Å². The zero-order chi connectivity index (χ0) is 16.8. The fraction of sp³-hybridized carbons (Fsp3) is 0.933. The quantitative estimate of drug-likeness (QED) is 0.348. The number of ether oxygens (including phenoxy) is 1. The van der Waals surface area contributed by atoms with Crippen LogP contribution in [0, 0.1) is 5.92 Å². The molecule has 0 aromatic rings. The van der Waals surface area contributed by atoms with Crippen molar-refractivity contribution in [3.8, 4) is 0 Å². The Morgan fingerprint density at radius 1 is 1.14 bits per heavy atom. The molecule has 0 saturated heterocycles. The SMILES string of the molecule is CCNC(=NCCCOCC(C)C)NCCCCC(F)(F)F. The van der Waals surface area contributed by atoms with Crippen LogP contribution in [0.1, 0.15) is 46.5 Å². The summed E-state index contributed by atoms with van der Waals surface area (Å²) in [5, 5.41) is 6.12. The molecular weight excluding hydrogens is 295 g/mol. The summed E-state index contributed by atoms with van der Waals surface area (Å²) in [7, 11) is 0. The maximum atomic E-state index is 12.0. The van der Waals surface area contributed by atoms with Gasteiger partial charge in [0.25, 0.3) is 0 Å². The molecule has 0 amide bonds. The molecule has 0 spiro atoms. The molecule has 0 atom stereocenters. The summed E-state index contributed by atoms with van der Waals surface area (Å²) in [4.78, 5) is 4.37. The third-order valence-corrected chi connectivity index (χ3v) is 2.69. The van der Waals surface area contributed by atoms with Gasteiger partial charge in [0, 0.05) is 39.3 Å². The highest BCUT2D eigenvalue weighted by atomic mass is 19.4. The summed E-state index contributed by atoms with van der Waals surface area (Å²) in [5.74, 6) is 1.18. The van der Waals surface area contributed by atoms with Gasteiger partial charge in [0.1, 0.15) is 0 Å². The highest BCUT2D eigenvalue weighted by Crippen LogP contribution is 2.21. The normalized spacial score (nSPS) is 12.8. The molecule has 0 heterocycles. The predicted octanol–water partition coefficient (Wildman–Crippen LogP) is 3.34. The first-order valence-corrected chi connectivity index (χ1v) is 8.01. The lowest BCUT2D eigenvalue weighted by Gasteiger charge is -2.12. The molecule has 0 bridgehead atoms. The van der Waals surface area contributed by atoms with Gasteiger partial charge < -0.3 is 15.4 Å². The maximum Gasteiger partial charge on any atom is 0.389 e. The first-order chi connectivity index (χ1) is 10.3. The van der Waals surface area contributed by atoms with Crippen molar-refractivity contribution in [2.45, 2.75) is 52.6 Å². The lowest BCUT2D eigenvalue weighted by molar-refractivity contribution is -0.135. The summed E-state index contributed by atoms with van der Waals surface area (Å²) in [5.41, 5.74) is 0. The van der Waals surface area contributed by atoms with Crippen molar-refractivity contribution in [3.63, 3.8) is 0 Å². The third kappa shape index (κ3) is 15.4. The molecule has 0 rings (SSSR count). The van der Waals surface area contributed by atoms with Crippen LogP contribution in [0.4, 0.5) is 13.2 Å². The van der Waals surface area contributed by atoms with Crippen molar-refractivity contribution < 1.29 is 17.9 Å². The van der Waals surface area contributed by atoms with Crippen LogP contribution in [0.5, 0.6) is 0 Å². The zero-order valence-corrected chi connectivity index (χ0v) is 13.9. The van der Waals surface area contributed by atoms with E-state index in [0.717, 1.165) is 19.6 Å². The minimum Gasteiger partial charge on any atom is -0.381 e. The van der Waals surface area contributed by atoms with Crippen LogP contribution in [-0.4, -0.2) is 45.0 Å². The Hall–Kier alpha value is -0.980. The standard InChI is InChI=1S/C15H30F3N3O/c1-4-19-14(20-9-6-5-8-15(16,17)18)21-10-7-11-22-12-13(2)3/h13H,4-12H2,1-3H3,(H2,19,20,21). The predicted molar refractivity (Wildman–Crippen MR) is 84.2 cm³/mol. The zero-order valence-electron chi connectivity index (χ0n) is 13.9. The topological polar surface area (TPSA) is 45.7 Å². The van der Waals surface area contributed by atoms with Crippen LogP contribution in [-0.2, 0) is 4.74 Å². The van der Waals surface area contributed by atoms with E-state index in [4.69, 9.17) is 4.74 Å². The summed E-state index contributed by atoms with van der Waals surface area (Å²) < 4.78 is 41.5. The minimum absolute atomic E-state index is 0.138. The lowest BCUT2D eigenvalue weighted by atomic mass is 10.2. The first kappa shape index (κ1) is 21.0. The van der Waals surface area contributed by atoms with Gasteiger partial charge in [-0.3, -0.25) is 4.99 Å². The first-order valence-electron chi connectivity index (χ1n) is 8.01. The number of hydrogen-bond acceptors (Lipinski definition) is 2. The van der Waals surface area contributed by atoms with Crippen molar-refractivity contribution in [2.24, 2.45) is 10.9 Å². The molecule has 0 aliphatic carbocycles. The smallest absolute Gasteiger partial charge is 0.381 e. The minimum atomic E-state index is -4.06. The van der Waals surface area contributed by atoms with Gasteiger partial charge in [-0.05, 0) is 32.1 Å². The molecule has 0 fully saturated rings. The molecule has 0 saturated carbocycles. The average molecular weight is 325 g/mol. The molecule has 132 valence electrons. The molecule has 0 aromatic heterocycles. The molecule has 0 unspecified atom stereocenters. The number of alkyl halides is 3. The Kier molecular flexibility index (Phi) is 12.0. The molecule has 0 radical (unpaired) electrons. The second kappa shape index (κ2) is 12.6. The third-order valence-electron chi connectivity index (χ3n) is 2.69. The number of unbranched alkanes of at least 4 members (excludes halogenated alkanes) is 1. The average Bonchev–Trinajstić information content (AvgIpc) is 2.40. The van der Waals surface area contributed by atoms with E-state index in [1.165, 1.54) is 0 Å². The number of halogens is 3. The van der Waals surface area contributed by atoms with Crippen LogP contribution in [0.15, 0.2) is 4.99 Å². The van der Waals surface area contributed by atoms with Gasteiger partial charge in [-0.1, -0.05) is 13.8 Å². The van der Waals surface area contributed by atoms with Crippen LogP contribution >= 0.6 is 0 Å². The van der Waals surface area contributed by atoms with E-state index in [1.54, 1.807) is 0 Å². The van der Waals surface area contributed by atoms with Crippen LogP contribution in [0.3, 0.4) is 0 Å². The van der Waals surface area contributed by atoms with E-state index in [9.17, 15) is 13.2 Å². The van der Waals surface area contributed by atoms with E-state index in [1.807, 2.05) is 6.92 Å². The maximum absolute atomic E-state index is 12.0. The molecule has 4 nitrogen and oxygen atoms in total. The monoisotopic (exact) mass is 325 g/mol. The Labute approximate surface area is 131 Å². The van der Waals surface area contributed by atoms with Gasteiger partial charge in [-0.2, -0.15) is 13.2 Å². The van der Waals surface area contributed by atoms with Gasteiger partial charge in [0.05, 0.1) is 0 Å². The van der Waals surface area contributed by atoms with Crippen molar-refractivity contribution in [1.29, 1.82) is 0 Å². The van der Waals surface area contributed by atoms with Gasteiger partial charge >= 0.3 is 6.18 Å². The second-order valence-electron chi connectivity index (χ2n) is 5.58. The summed E-state index contributed by atoms with van der Waals surface area (Å²) in [6.07, 6.45) is -3.35. The number of aliphatic imine (C=N–C) groups is 1. The highest BCUT2D eigenvalue weighted by Gasteiger charge is 2.25. The Bertz CT molecular complexity index is 294. The van der Waals surface area contributed by atoms with E-state index in [-0.39, 0.29) is 6.42 Å². The summed E-state index contributed by atoms with van der Waals surface area (Å²) >= 11 is 0. The van der Waals surface area contributed by atoms with E-state index < -0.39 is 12.6 Å². The second-order valence-corrected chi connectivity index (χ2v) is 5.58. The Morgan fingerprint density at radius 2 is 1.86 bits per heavy atom. The molecule has 22 heavy (non-hydrogen) atoms. The van der Waals surface area contributed by atoms with Crippen LogP contribution in [0.25, 0.3) is 0 Å². The number of rotatable bonds is 11. The molecule has 0 aliphatic heterocycles. The molecule has 0 aromatic carbocycles. The highest BCUT2D eigenvalue weighted by molar-refractivity contribution is 5.79. The number of nitrogens with zero attached hydrogens (tertiary/aromatic N) is 1.